The van der Waals surface area contributed by atoms with Crippen molar-refractivity contribution >= 4 is 0 Å². The molecule has 0 saturated heterocycles. The smallest absolute Gasteiger partial charge is 0.164 e. The van der Waals surface area contributed by atoms with Crippen LogP contribution < -0.4 is 4.74 Å². The number of benzene rings is 8. The summed E-state index contributed by atoms with van der Waals surface area (Å²) < 4.78 is 6.86. The Balaban J connectivity index is 1.07. The van der Waals surface area contributed by atoms with Crippen LogP contribution in [0.1, 0.15) is 22.3 Å². The van der Waals surface area contributed by atoms with E-state index in [0.29, 0.717) is 17.5 Å². The van der Waals surface area contributed by atoms with E-state index in [4.69, 9.17) is 19.7 Å². The molecule has 0 bridgehead atoms. The first-order chi connectivity index (χ1) is 27.8. The SMILES string of the molecule is c1ccc(-c2ccc(-c3nc(-c4ccccc4)nc(-c4ccccc4-c4ccc5c(c4)Oc4ccccc4C54c5ccccc5-c5ccccc54)n3)cc2)cc1. The largest absolute Gasteiger partial charge is 0.457 e. The molecule has 262 valence electrons. The highest BCUT2D eigenvalue weighted by Crippen LogP contribution is 2.62. The minimum absolute atomic E-state index is 0.515. The van der Waals surface area contributed by atoms with Gasteiger partial charge in [-0.25, -0.2) is 15.0 Å². The van der Waals surface area contributed by atoms with Gasteiger partial charge < -0.3 is 4.74 Å². The van der Waals surface area contributed by atoms with Gasteiger partial charge in [0.1, 0.15) is 11.5 Å². The van der Waals surface area contributed by atoms with E-state index in [9.17, 15) is 0 Å². The first-order valence-corrected chi connectivity index (χ1v) is 18.9. The van der Waals surface area contributed by atoms with E-state index < -0.39 is 5.41 Å². The first-order valence-electron chi connectivity index (χ1n) is 18.9. The van der Waals surface area contributed by atoms with Crippen LogP contribution in [-0.2, 0) is 5.41 Å². The molecule has 56 heavy (non-hydrogen) atoms. The molecule has 0 N–H and O–H groups in total. The third kappa shape index (κ3) is 4.96. The number of hydrogen-bond acceptors (Lipinski definition) is 4. The van der Waals surface area contributed by atoms with Crippen LogP contribution in [0, 0.1) is 0 Å². The zero-order valence-electron chi connectivity index (χ0n) is 30.3. The van der Waals surface area contributed by atoms with Gasteiger partial charge in [-0.1, -0.05) is 188 Å². The van der Waals surface area contributed by atoms with Gasteiger partial charge in [-0.2, -0.15) is 0 Å². The Bertz CT molecular complexity index is 2890. The normalized spacial score (nSPS) is 12.9. The zero-order valence-corrected chi connectivity index (χ0v) is 30.3. The molecular weight excluding hydrogens is 683 g/mol. The summed E-state index contributed by atoms with van der Waals surface area (Å²) in [5, 5.41) is 0. The fourth-order valence-corrected chi connectivity index (χ4v) is 8.74. The fraction of sp³-hybridized carbons (Fsp3) is 0.0192. The van der Waals surface area contributed by atoms with Gasteiger partial charge in [0, 0.05) is 27.8 Å². The highest BCUT2D eigenvalue weighted by Gasteiger charge is 2.50. The third-order valence-corrected chi connectivity index (χ3v) is 11.2. The number of hydrogen-bond donors (Lipinski definition) is 0. The maximum absolute atomic E-state index is 6.86. The van der Waals surface area contributed by atoms with Gasteiger partial charge >= 0.3 is 0 Å². The number of fused-ring (bicyclic) bond motifs is 9. The lowest BCUT2D eigenvalue weighted by molar-refractivity contribution is 0.436. The van der Waals surface area contributed by atoms with Crippen molar-refractivity contribution in [3.63, 3.8) is 0 Å². The molecule has 8 aromatic carbocycles. The summed E-state index contributed by atoms with van der Waals surface area (Å²) >= 11 is 0. The van der Waals surface area contributed by atoms with E-state index in [1.165, 1.54) is 27.8 Å². The van der Waals surface area contributed by atoms with Crippen molar-refractivity contribution in [1.82, 2.24) is 15.0 Å². The van der Waals surface area contributed by atoms with Crippen LogP contribution in [0.3, 0.4) is 0 Å². The summed E-state index contributed by atoms with van der Waals surface area (Å²) in [5.74, 6) is 3.55. The summed E-state index contributed by atoms with van der Waals surface area (Å²) in [4.78, 5) is 15.3. The van der Waals surface area contributed by atoms with Crippen molar-refractivity contribution in [2.75, 3.05) is 0 Å². The van der Waals surface area contributed by atoms with Crippen molar-refractivity contribution in [1.29, 1.82) is 0 Å². The molecule has 0 unspecified atom stereocenters. The molecule has 0 radical (unpaired) electrons. The average molecular weight is 716 g/mol. The molecule has 0 atom stereocenters. The maximum Gasteiger partial charge on any atom is 0.164 e. The topological polar surface area (TPSA) is 47.9 Å². The monoisotopic (exact) mass is 715 g/mol. The molecule has 2 heterocycles. The van der Waals surface area contributed by atoms with E-state index >= 15 is 0 Å². The van der Waals surface area contributed by atoms with E-state index in [2.05, 4.69) is 158 Å². The molecule has 11 rings (SSSR count). The molecule has 4 nitrogen and oxygen atoms in total. The highest BCUT2D eigenvalue weighted by molar-refractivity contribution is 5.90. The van der Waals surface area contributed by atoms with Crippen LogP contribution in [-0.4, -0.2) is 15.0 Å². The molecular formula is C52H33N3O. The number of ether oxygens (including phenoxy) is 1. The first kappa shape index (κ1) is 32.0. The van der Waals surface area contributed by atoms with Crippen LogP contribution >= 0.6 is 0 Å². The summed E-state index contributed by atoms with van der Waals surface area (Å²) in [6.45, 7) is 0. The van der Waals surface area contributed by atoms with E-state index in [0.717, 1.165) is 56.0 Å². The van der Waals surface area contributed by atoms with E-state index in [-0.39, 0.29) is 0 Å². The van der Waals surface area contributed by atoms with Crippen LogP contribution in [0.2, 0.25) is 0 Å². The Morgan fingerprint density at radius 1 is 0.286 bits per heavy atom. The number of nitrogens with zero attached hydrogens (tertiary/aromatic N) is 3. The van der Waals surface area contributed by atoms with Crippen LogP contribution in [0.5, 0.6) is 11.5 Å². The van der Waals surface area contributed by atoms with Crippen molar-refractivity contribution < 1.29 is 4.74 Å². The quantitative estimate of drug-likeness (QED) is 0.178. The van der Waals surface area contributed by atoms with Crippen molar-refractivity contribution in [3.8, 4) is 79.0 Å². The molecule has 2 aliphatic rings. The summed E-state index contributed by atoms with van der Waals surface area (Å²) in [6, 6.07) is 70.1. The Labute approximate surface area is 325 Å². The molecule has 1 aliphatic carbocycles. The predicted octanol–water partition coefficient (Wildman–Crippen LogP) is 12.7. The standard InChI is InChI=1S/C52H33N3O/c1-3-15-34(16-4-1)35-27-29-37(30-28-35)50-53-49(36-17-5-2-6-18-36)54-51(55-50)42-22-8-7-19-39(42)38-31-32-46-48(33-38)56-47-26-14-13-25-45(47)52(46)43-23-11-9-20-40(43)41-21-10-12-24-44(41)52/h1-33H. The second kappa shape index (κ2) is 12.9. The molecule has 0 fully saturated rings. The van der Waals surface area contributed by atoms with Crippen LogP contribution in [0.4, 0.5) is 0 Å². The number of aromatic nitrogens is 3. The molecule has 1 aromatic heterocycles. The van der Waals surface area contributed by atoms with Gasteiger partial charge in [0.05, 0.1) is 5.41 Å². The second-order valence-electron chi connectivity index (χ2n) is 14.3. The molecule has 4 heteroatoms. The third-order valence-electron chi connectivity index (χ3n) is 11.2. The number of rotatable bonds is 5. The molecule has 1 aliphatic heterocycles. The average Bonchev–Trinajstić information content (AvgIpc) is 3.57. The molecule has 1 spiro atoms. The van der Waals surface area contributed by atoms with Gasteiger partial charge in [-0.15, -0.1) is 0 Å². The van der Waals surface area contributed by atoms with Crippen molar-refractivity contribution in [2.45, 2.75) is 5.41 Å². The second-order valence-corrected chi connectivity index (χ2v) is 14.3. The zero-order chi connectivity index (χ0) is 37.1. The molecule has 0 saturated carbocycles. The maximum atomic E-state index is 6.86. The van der Waals surface area contributed by atoms with Gasteiger partial charge in [0.25, 0.3) is 0 Å². The minimum atomic E-state index is -0.515. The summed E-state index contributed by atoms with van der Waals surface area (Å²) in [6.07, 6.45) is 0. The van der Waals surface area contributed by atoms with Crippen LogP contribution in [0.25, 0.3) is 67.5 Å². The highest BCUT2D eigenvalue weighted by atomic mass is 16.5. The van der Waals surface area contributed by atoms with Gasteiger partial charge in [0.15, 0.2) is 17.5 Å². The fourth-order valence-electron chi connectivity index (χ4n) is 8.74. The minimum Gasteiger partial charge on any atom is -0.457 e. The Hall–Kier alpha value is -7.43. The van der Waals surface area contributed by atoms with Gasteiger partial charge in [-0.3, -0.25) is 0 Å². The van der Waals surface area contributed by atoms with E-state index in [1.807, 2.05) is 42.5 Å². The Morgan fingerprint density at radius 2 is 0.714 bits per heavy atom. The summed E-state index contributed by atoms with van der Waals surface area (Å²) in [5.41, 5.74) is 13.9. The van der Waals surface area contributed by atoms with Gasteiger partial charge in [0.2, 0.25) is 0 Å². The van der Waals surface area contributed by atoms with Gasteiger partial charge in [-0.05, 0) is 56.6 Å². The predicted molar refractivity (Wildman–Crippen MR) is 224 cm³/mol. The lowest BCUT2D eigenvalue weighted by atomic mass is 9.66. The van der Waals surface area contributed by atoms with Crippen LogP contribution in [0.15, 0.2) is 200 Å². The van der Waals surface area contributed by atoms with Crippen molar-refractivity contribution in [2.24, 2.45) is 0 Å². The Morgan fingerprint density at radius 3 is 1.38 bits per heavy atom. The summed E-state index contributed by atoms with van der Waals surface area (Å²) in [7, 11) is 0. The Kier molecular flexibility index (Phi) is 7.36. The lowest BCUT2D eigenvalue weighted by Crippen LogP contribution is -2.32. The molecule has 0 amide bonds. The lowest BCUT2D eigenvalue weighted by Gasteiger charge is -2.39. The van der Waals surface area contributed by atoms with E-state index in [1.54, 1.807) is 0 Å². The number of para-hydroxylation sites is 1. The molecule has 9 aromatic rings. The van der Waals surface area contributed by atoms with Crippen molar-refractivity contribution in [3.05, 3.63) is 222 Å².